The normalized spacial score (nSPS) is 12.8. The van der Waals surface area contributed by atoms with Crippen molar-refractivity contribution in [1.29, 1.82) is 0 Å². The van der Waals surface area contributed by atoms with Gasteiger partial charge in [0.15, 0.2) is 0 Å². The Morgan fingerprint density at radius 2 is 0.979 bits per heavy atom. The van der Waals surface area contributed by atoms with Crippen molar-refractivity contribution in [3.63, 3.8) is 0 Å². The summed E-state index contributed by atoms with van der Waals surface area (Å²) in [6, 6.07) is 26.4. The van der Waals surface area contributed by atoms with Crippen molar-refractivity contribution in [3.05, 3.63) is 120 Å². The van der Waals surface area contributed by atoms with Gasteiger partial charge in [0.2, 0.25) is 0 Å². The molecule has 0 radical (unpaired) electrons. The van der Waals surface area contributed by atoms with Crippen molar-refractivity contribution in [1.82, 2.24) is 19.6 Å². The van der Waals surface area contributed by atoms with Gasteiger partial charge in [0, 0.05) is 34.3 Å². The molecule has 4 aromatic heterocycles. The molecule has 4 aromatic carbocycles. The van der Waals surface area contributed by atoms with Gasteiger partial charge in [-0.05, 0) is 37.4 Å². The van der Waals surface area contributed by atoms with E-state index in [-0.39, 0.29) is 43.6 Å². The topological polar surface area (TPSA) is 61.9 Å². The zero-order valence-corrected chi connectivity index (χ0v) is 27.0. The Bertz CT molecular complexity index is 2330. The van der Waals surface area contributed by atoms with E-state index in [0.717, 1.165) is 32.5 Å². The van der Waals surface area contributed by atoms with Gasteiger partial charge in [-0.1, -0.05) is 47.2 Å². The standard InChI is InChI=1S/C35H20F6N4O2.Pt/c1-33(2,31-23(34(36,37)38)17-44(42-31)25-13-7-11-21-19-9-3-5-15-27(19)46-29(21)25)32-24(35(39,40)41)18-45(43-32)26-14-8-12-22-20-10-4-6-16-28(20)47-30(22)26;/h3-12,15-18H,1-2H3;/q-2;+2. The van der Waals surface area contributed by atoms with Crippen molar-refractivity contribution in [2.24, 2.45) is 0 Å². The molecule has 0 amide bonds. The predicted octanol–water partition coefficient (Wildman–Crippen LogP) is 9.82. The number of fused-ring (bicyclic) bond motifs is 6. The number of hydrogen-bond donors (Lipinski definition) is 0. The molecule has 0 fully saturated rings. The molecule has 0 aliphatic carbocycles. The maximum absolute atomic E-state index is 14.6. The van der Waals surface area contributed by atoms with Crippen LogP contribution in [-0.2, 0) is 38.8 Å². The molecule has 0 aliphatic rings. The molecule has 0 bridgehead atoms. The molecular formula is C35H20F6N4O2Pt. The fraction of sp³-hybridized carbons (Fsp3) is 0.143. The van der Waals surface area contributed by atoms with Crippen LogP contribution >= 0.6 is 0 Å². The third-order valence-corrected chi connectivity index (χ3v) is 8.32. The number of alkyl halides is 6. The van der Waals surface area contributed by atoms with Crippen LogP contribution in [0.15, 0.2) is 94.0 Å². The molecule has 0 atom stereocenters. The quantitative estimate of drug-likeness (QED) is 0.131. The van der Waals surface area contributed by atoms with Gasteiger partial charge < -0.3 is 8.83 Å². The summed E-state index contributed by atoms with van der Waals surface area (Å²) in [5.74, 6) is 0. The molecule has 48 heavy (non-hydrogen) atoms. The summed E-state index contributed by atoms with van der Waals surface area (Å²) in [6.07, 6.45) is -8.46. The minimum absolute atomic E-state index is 0. The molecule has 0 saturated heterocycles. The zero-order valence-electron chi connectivity index (χ0n) is 24.8. The number of nitrogens with zero attached hydrogens (tertiary/aromatic N) is 4. The molecule has 0 unspecified atom stereocenters. The monoisotopic (exact) mass is 837 g/mol. The third-order valence-electron chi connectivity index (χ3n) is 8.32. The van der Waals surface area contributed by atoms with Crippen LogP contribution in [0.5, 0.6) is 0 Å². The van der Waals surface area contributed by atoms with Gasteiger partial charge in [0.25, 0.3) is 0 Å². The molecule has 0 aliphatic heterocycles. The zero-order chi connectivity index (χ0) is 32.9. The number of hydrogen-bond acceptors (Lipinski definition) is 4. The summed E-state index contributed by atoms with van der Waals surface area (Å²) in [4.78, 5) is 0. The first-order valence-corrected chi connectivity index (χ1v) is 14.3. The second-order valence-electron chi connectivity index (χ2n) is 11.6. The van der Waals surface area contributed by atoms with Crippen molar-refractivity contribution < 1.29 is 56.2 Å². The third kappa shape index (κ3) is 4.84. The van der Waals surface area contributed by atoms with Crippen LogP contribution < -0.4 is 0 Å². The van der Waals surface area contributed by atoms with Crippen LogP contribution in [0.3, 0.4) is 0 Å². The van der Waals surface area contributed by atoms with Gasteiger partial charge in [-0.2, -0.15) is 72.9 Å². The average molecular weight is 838 g/mol. The summed E-state index contributed by atoms with van der Waals surface area (Å²) in [5.41, 5.74) is -4.18. The van der Waals surface area contributed by atoms with E-state index in [9.17, 15) is 26.3 Å². The summed E-state index contributed by atoms with van der Waals surface area (Å²) >= 11 is 0. The molecule has 13 heteroatoms. The van der Waals surface area contributed by atoms with Crippen molar-refractivity contribution in [2.45, 2.75) is 31.6 Å². The van der Waals surface area contributed by atoms with Gasteiger partial charge in [0.05, 0.1) is 27.9 Å². The number of benzene rings is 4. The second-order valence-corrected chi connectivity index (χ2v) is 11.6. The number of para-hydroxylation sites is 2. The first-order valence-electron chi connectivity index (χ1n) is 14.3. The summed E-state index contributed by atoms with van der Waals surface area (Å²) in [5, 5.41) is 11.2. The van der Waals surface area contributed by atoms with E-state index >= 15 is 0 Å². The van der Waals surface area contributed by atoms with E-state index < -0.39 is 40.3 Å². The maximum atomic E-state index is 14.6. The molecule has 8 rings (SSSR count). The maximum Gasteiger partial charge on any atom is 2.00 e. The van der Waals surface area contributed by atoms with E-state index in [2.05, 4.69) is 22.3 Å². The Balaban J connectivity index is 0.00000364. The molecule has 244 valence electrons. The second kappa shape index (κ2) is 10.8. The van der Waals surface area contributed by atoms with Crippen LogP contribution in [0.4, 0.5) is 26.3 Å². The van der Waals surface area contributed by atoms with Gasteiger partial charge in [-0.3, -0.25) is 9.36 Å². The number of rotatable bonds is 4. The first kappa shape index (κ1) is 31.8. The minimum Gasteiger partial charge on any atom is -0.513 e. The van der Waals surface area contributed by atoms with Crippen LogP contribution in [0.25, 0.3) is 55.3 Å². The Hall–Kier alpha value is -4.83. The van der Waals surface area contributed by atoms with E-state index in [1.165, 1.54) is 26.0 Å². The fourth-order valence-corrected chi connectivity index (χ4v) is 6.12. The number of aromatic nitrogens is 4. The van der Waals surface area contributed by atoms with E-state index in [1.807, 2.05) is 12.1 Å². The van der Waals surface area contributed by atoms with E-state index in [4.69, 9.17) is 8.83 Å². The van der Waals surface area contributed by atoms with E-state index in [0.29, 0.717) is 21.9 Å². The first-order chi connectivity index (χ1) is 22.3. The SMILES string of the molecule is CC(C)(c1nn(-c2[c-]ccc3c2oc2ccccc23)cc1C(F)(F)F)c1nn(-c2[c-]ccc3c2oc2ccccc23)cc1C(F)(F)F.[Pt+2]. The average Bonchev–Trinajstić information content (AvgIpc) is 3.82. The van der Waals surface area contributed by atoms with Crippen molar-refractivity contribution >= 4 is 43.9 Å². The smallest absolute Gasteiger partial charge is 0.513 e. The molecule has 0 spiro atoms. The van der Waals surface area contributed by atoms with E-state index in [1.54, 1.807) is 48.5 Å². The van der Waals surface area contributed by atoms with Gasteiger partial charge in [-0.25, -0.2) is 0 Å². The van der Waals surface area contributed by atoms with Crippen LogP contribution in [0.1, 0.15) is 36.4 Å². The van der Waals surface area contributed by atoms with Crippen LogP contribution in [0.2, 0.25) is 0 Å². The van der Waals surface area contributed by atoms with Crippen LogP contribution in [-0.4, -0.2) is 19.6 Å². The Morgan fingerprint density at radius 3 is 1.38 bits per heavy atom. The fourth-order valence-electron chi connectivity index (χ4n) is 6.12. The molecule has 8 aromatic rings. The molecule has 0 N–H and O–H groups in total. The van der Waals surface area contributed by atoms with Crippen molar-refractivity contribution in [2.75, 3.05) is 0 Å². The Labute approximate surface area is 281 Å². The number of furan rings is 2. The van der Waals surface area contributed by atoms with Gasteiger partial charge in [-0.15, -0.1) is 0 Å². The summed E-state index contributed by atoms with van der Waals surface area (Å²) in [7, 11) is 0. The molecule has 4 heterocycles. The van der Waals surface area contributed by atoms with Crippen molar-refractivity contribution in [3.8, 4) is 11.4 Å². The van der Waals surface area contributed by atoms with Gasteiger partial charge in [0.1, 0.15) is 11.2 Å². The molecule has 0 saturated carbocycles. The Kier molecular flexibility index (Phi) is 7.18. The largest absolute Gasteiger partial charge is 2.00 e. The van der Waals surface area contributed by atoms with Crippen LogP contribution in [0, 0.1) is 12.1 Å². The minimum atomic E-state index is -4.97. The summed E-state index contributed by atoms with van der Waals surface area (Å²) < 4.78 is 102. The predicted molar refractivity (Wildman–Crippen MR) is 161 cm³/mol. The molecule has 6 nitrogen and oxygen atoms in total. The summed E-state index contributed by atoms with van der Waals surface area (Å²) in [6.45, 7) is 2.46. The number of halogens is 6. The molecular weight excluding hydrogens is 817 g/mol. The van der Waals surface area contributed by atoms with Gasteiger partial charge >= 0.3 is 33.4 Å². The Morgan fingerprint density at radius 1 is 0.583 bits per heavy atom.